The van der Waals surface area contributed by atoms with Gasteiger partial charge in [-0.05, 0) is 26.8 Å². The third-order valence-corrected chi connectivity index (χ3v) is 3.71. The highest BCUT2D eigenvalue weighted by Crippen LogP contribution is 2.34. The molecule has 7 nitrogen and oxygen atoms in total. The standard InChI is InChI=1S/C17H19F4N5O2/c1-4-27-9-14(23)26-8-12(24-7-13(26)22)10-5-11(18)15(25-6-10)28-16(2,3)17(19,20)21/h5-8,22-23H,4,9H2,1-3H3. The summed E-state index contributed by atoms with van der Waals surface area (Å²) in [6, 6.07) is 0.928. The van der Waals surface area contributed by atoms with E-state index in [9.17, 15) is 17.6 Å². The van der Waals surface area contributed by atoms with E-state index >= 15 is 0 Å². The molecular formula is C17H19F4N5O2. The van der Waals surface area contributed by atoms with Crippen LogP contribution in [0.1, 0.15) is 20.8 Å². The highest BCUT2D eigenvalue weighted by molar-refractivity contribution is 5.83. The largest absolute Gasteiger partial charge is 0.460 e. The normalized spacial score (nSPS) is 12.1. The summed E-state index contributed by atoms with van der Waals surface area (Å²) in [4.78, 5) is 7.61. The first-order chi connectivity index (χ1) is 13.0. The quantitative estimate of drug-likeness (QED) is 0.442. The predicted molar refractivity (Wildman–Crippen MR) is 91.7 cm³/mol. The third-order valence-electron chi connectivity index (χ3n) is 3.71. The van der Waals surface area contributed by atoms with E-state index in [0.29, 0.717) is 6.61 Å². The molecule has 0 aliphatic rings. The molecule has 0 aromatic carbocycles. The van der Waals surface area contributed by atoms with Crippen molar-refractivity contribution >= 4 is 5.84 Å². The zero-order valence-corrected chi connectivity index (χ0v) is 15.4. The summed E-state index contributed by atoms with van der Waals surface area (Å²) in [5.74, 6) is -1.92. The molecule has 0 bridgehead atoms. The number of pyridine rings is 1. The molecule has 0 aliphatic heterocycles. The fourth-order valence-electron chi connectivity index (χ4n) is 2.00. The van der Waals surface area contributed by atoms with E-state index in [2.05, 4.69) is 9.97 Å². The summed E-state index contributed by atoms with van der Waals surface area (Å²) in [7, 11) is 0. The summed E-state index contributed by atoms with van der Waals surface area (Å²) in [6.07, 6.45) is -1.13. The lowest BCUT2D eigenvalue weighted by Crippen LogP contribution is -2.45. The Morgan fingerprint density at radius 2 is 1.89 bits per heavy atom. The van der Waals surface area contributed by atoms with Crippen LogP contribution < -0.4 is 10.2 Å². The molecule has 0 unspecified atom stereocenters. The third kappa shape index (κ3) is 4.71. The smallest absolute Gasteiger partial charge is 0.427 e. The Hall–Kier alpha value is -2.82. The molecule has 0 spiro atoms. The van der Waals surface area contributed by atoms with E-state index in [1.54, 1.807) is 6.92 Å². The van der Waals surface area contributed by atoms with Gasteiger partial charge >= 0.3 is 6.18 Å². The van der Waals surface area contributed by atoms with Crippen LogP contribution in [0, 0.1) is 16.6 Å². The SMILES string of the molecule is CCOCC(=N)n1cc(-c2cnc(OC(C)(C)C(F)(F)F)c(F)c2)ncc1=N. The van der Waals surface area contributed by atoms with E-state index in [4.69, 9.17) is 20.3 Å². The molecule has 2 aromatic heterocycles. The molecule has 2 aromatic rings. The van der Waals surface area contributed by atoms with E-state index in [0.717, 1.165) is 32.3 Å². The summed E-state index contributed by atoms with van der Waals surface area (Å²) in [5.41, 5.74) is -2.39. The maximum atomic E-state index is 14.3. The second-order valence-corrected chi connectivity index (χ2v) is 6.23. The maximum Gasteiger partial charge on any atom is 0.427 e. The first-order valence-electron chi connectivity index (χ1n) is 8.16. The molecule has 0 saturated carbocycles. The first-order valence-corrected chi connectivity index (χ1v) is 8.16. The Kier molecular flexibility index (Phi) is 6.17. The number of ether oxygens (including phenoxy) is 2. The van der Waals surface area contributed by atoms with E-state index in [1.807, 2.05) is 0 Å². The number of aromatic nitrogens is 3. The first kappa shape index (κ1) is 21.5. The van der Waals surface area contributed by atoms with Crippen molar-refractivity contribution in [2.45, 2.75) is 32.5 Å². The van der Waals surface area contributed by atoms with Crippen LogP contribution in [-0.2, 0) is 4.74 Å². The topological polar surface area (TPSA) is 96.9 Å². The van der Waals surface area contributed by atoms with Crippen LogP contribution in [0.2, 0.25) is 0 Å². The van der Waals surface area contributed by atoms with Gasteiger partial charge in [-0.3, -0.25) is 20.4 Å². The maximum absolute atomic E-state index is 14.3. The van der Waals surface area contributed by atoms with E-state index < -0.39 is 23.5 Å². The van der Waals surface area contributed by atoms with Gasteiger partial charge < -0.3 is 9.47 Å². The summed E-state index contributed by atoms with van der Waals surface area (Å²) >= 11 is 0. The zero-order chi connectivity index (χ0) is 21.1. The van der Waals surface area contributed by atoms with Crippen molar-refractivity contribution in [3.8, 4) is 17.1 Å². The number of halogens is 4. The molecule has 2 rings (SSSR count). The van der Waals surface area contributed by atoms with Crippen LogP contribution in [0.5, 0.6) is 5.88 Å². The number of nitrogens with zero attached hydrogens (tertiary/aromatic N) is 3. The van der Waals surface area contributed by atoms with Gasteiger partial charge in [0.25, 0.3) is 5.88 Å². The van der Waals surface area contributed by atoms with E-state index in [1.165, 1.54) is 10.8 Å². The Morgan fingerprint density at radius 3 is 2.46 bits per heavy atom. The molecule has 28 heavy (non-hydrogen) atoms. The Morgan fingerprint density at radius 1 is 1.21 bits per heavy atom. The van der Waals surface area contributed by atoms with Gasteiger partial charge in [0.15, 0.2) is 11.4 Å². The van der Waals surface area contributed by atoms with Gasteiger partial charge in [0.1, 0.15) is 17.9 Å². The average Bonchev–Trinajstić information content (AvgIpc) is 2.60. The molecule has 0 fully saturated rings. The molecule has 0 radical (unpaired) electrons. The molecule has 0 atom stereocenters. The molecule has 152 valence electrons. The number of rotatable bonds is 6. The molecule has 11 heteroatoms. The van der Waals surface area contributed by atoms with Crippen molar-refractivity contribution in [2.24, 2.45) is 0 Å². The lowest BCUT2D eigenvalue weighted by molar-refractivity contribution is -0.235. The molecule has 0 aliphatic carbocycles. The minimum absolute atomic E-state index is 0.0317. The predicted octanol–water partition coefficient (Wildman–Crippen LogP) is 3.15. The van der Waals surface area contributed by atoms with Crippen molar-refractivity contribution in [3.63, 3.8) is 0 Å². The minimum Gasteiger partial charge on any atom is -0.460 e. The van der Waals surface area contributed by atoms with Crippen LogP contribution in [0.15, 0.2) is 24.7 Å². The zero-order valence-electron chi connectivity index (χ0n) is 15.4. The summed E-state index contributed by atoms with van der Waals surface area (Å²) in [5, 5.41) is 15.8. The Labute approximate surface area is 158 Å². The average molecular weight is 401 g/mol. The van der Waals surface area contributed by atoms with Crippen molar-refractivity contribution in [1.82, 2.24) is 14.5 Å². The number of alkyl halides is 3. The summed E-state index contributed by atoms with van der Waals surface area (Å²) in [6.45, 7) is 3.64. The fourth-order valence-corrected chi connectivity index (χ4v) is 2.00. The molecule has 0 saturated heterocycles. The van der Waals surface area contributed by atoms with Crippen LogP contribution in [0.4, 0.5) is 17.6 Å². The van der Waals surface area contributed by atoms with Gasteiger partial charge in [0, 0.05) is 24.6 Å². The van der Waals surface area contributed by atoms with Gasteiger partial charge in [-0.2, -0.15) is 13.2 Å². The van der Waals surface area contributed by atoms with Crippen molar-refractivity contribution in [3.05, 3.63) is 36.0 Å². The monoisotopic (exact) mass is 401 g/mol. The van der Waals surface area contributed by atoms with Crippen molar-refractivity contribution in [1.29, 1.82) is 10.8 Å². The second-order valence-electron chi connectivity index (χ2n) is 6.23. The van der Waals surface area contributed by atoms with Gasteiger partial charge in [0.05, 0.1) is 11.9 Å². The van der Waals surface area contributed by atoms with Gasteiger partial charge in [0.2, 0.25) is 0 Å². The van der Waals surface area contributed by atoms with Crippen LogP contribution in [0.25, 0.3) is 11.3 Å². The molecule has 0 amide bonds. The Balaban J connectivity index is 2.34. The lowest BCUT2D eigenvalue weighted by Gasteiger charge is -2.28. The van der Waals surface area contributed by atoms with Crippen LogP contribution in [0.3, 0.4) is 0 Å². The van der Waals surface area contributed by atoms with Gasteiger partial charge in [-0.1, -0.05) is 0 Å². The Bertz CT molecular complexity index is 924. The second kappa shape index (κ2) is 8.05. The van der Waals surface area contributed by atoms with Crippen molar-refractivity contribution in [2.75, 3.05) is 13.2 Å². The highest BCUT2D eigenvalue weighted by atomic mass is 19.4. The number of hydrogen-bond acceptors (Lipinski definition) is 6. The fraction of sp³-hybridized carbons (Fsp3) is 0.412. The number of nitrogens with one attached hydrogen (secondary N) is 2. The highest BCUT2D eigenvalue weighted by Gasteiger charge is 2.50. The van der Waals surface area contributed by atoms with Crippen LogP contribution in [-0.4, -0.2) is 45.4 Å². The molecule has 2 heterocycles. The van der Waals surface area contributed by atoms with Crippen LogP contribution >= 0.6 is 0 Å². The van der Waals surface area contributed by atoms with Crippen molar-refractivity contribution < 1.29 is 27.0 Å². The van der Waals surface area contributed by atoms with Gasteiger partial charge in [-0.25, -0.2) is 9.37 Å². The lowest BCUT2D eigenvalue weighted by atomic mass is 10.1. The number of hydrogen-bond donors (Lipinski definition) is 2. The van der Waals surface area contributed by atoms with E-state index in [-0.39, 0.29) is 29.2 Å². The molecular weight excluding hydrogens is 382 g/mol. The van der Waals surface area contributed by atoms with Gasteiger partial charge in [-0.15, -0.1) is 0 Å². The minimum atomic E-state index is -4.71. The molecule has 2 N–H and O–H groups in total. The summed E-state index contributed by atoms with van der Waals surface area (Å²) < 4.78 is 64.0.